The predicted octanol–water partition coefficient (Wildman–Crippen LogP) is 1.53. The van der Waals surface area contributed by atoms with Crippen molar-refractivity contribution in [1.82, 2.24) is 15.6 Å². The first kappa shape index (κ1) is 18.4. The topological polar surface area (TPSA) is 104 Å². The molecule has 0 aliphatic carbocycles. The first-order chi connectivity index (χ1) is 11.3. The zero-order valence-corrected chi connectivity index (χ0v) is 14.8. The first-order valence-electron chi connectivity index (χ1n) is 6.71. The summed E-state index contributed by atoms with van der Waals surface area (Å²) >= 11 is 6.98. The number of amides is 2. The fourth-order valence-electron chi connectivity index (χ4n) is 1.68. The second-order valence-corrected chi connectivity index (χ2v) is 7.82. The number of nitrogens with one attached hydrogen (secondary N) is 3. The Morgan fingerprint density at radius 3 is 2.54 bits per heavy atom. The van der Waals surface area contributed by atoms with Crippen LogP contribution in [0, 0.1) is 0 Å². The van der Waals surface area contributed by atoms with Crippen LogP contribution in [-0.2, 0) is 14.8 Å². The van der Waals surface area contributed by atoms with E-state index < -0.39 is 27.9 Å². The van der Waals surface area contributed by atoms with Gasteiger partial charge in [-0.2, -0.15) is 4.72 Å². The van der Waals surface area contributed by atoms with E-state index in [9.17, 15) is 18.0 Å². The van der Waals surface area contributed by atoms with Gasteiger partial charge in [-0.05, 0) is 36.6 Å². The zero-order valence-electron chi connectivity index (χ0n) is 12.4. The van der Waals surface area contributed by atoms with E-state index in [1.165, 1.54) is 42.5 Å². The Morgan fingerprint density at radius 2 is 1.92 bits per heavy atom. The minimum absolute atomic E-state index is 0.0581. The van der Waals surface area contributed by atoms with E-state index in [-0.39, 0.29) is 9.92 Å². The summed E-state index contributed by atoms with van der Waals surface area (Å²) < 4.78 is 26.6. The van der Waals surface area contributed by atoms with E-state index in [2.05, 4.69) is 15.6 Å². The molecule has 3 N–H and O–H groups in total. The molecule has 0 saturated heterocycles. The number of halogens is 1. The van der Waals surface area contributed by atoms with Crippen molar-refractivity contribution in [3.8, 4) is 0 Å². The molecule has 1 aromatic heterocycles. The molecular formula is C14H14ClN3O4S2. The molecule has 1 heterocycles. The fraction of sp³-hybridized carbons (Fsp3) is 0.143. The van der Waals surface area contributed by atoms with Gasteiger partial charge in [0.15, 0.2) is 0 Å². The summed E-state index contributed by atoms with van der Waals surface area (Å²) in [6.45, 7) is 1.36. The maximum Gasteiger partial charge on any atom is 0.279 e. The molecule has 2 amide bonds. The van der Waals surface area contributed by atoms with Crippen molar-refractivity contribution in [2.24, 2.45) is 0 Å². The van der Waals surface area contributed by atoms with Gasteiger partial charge in [0.25, 0.3) is 11.8 Å². The Balaban J connectivity index is 1.94. The SMILES string of the molecule is C[C@H](NS(=O)(=O)c1cccc(Cl)c1)C(=O)NNC(=O)c1cccs1. The summed E-state index contributed by atoms with van der Waals surface area (Å²) in [5.74, 6) is -1.19. The monoisotopic (exact) mass is 387 g/mol. The summed E-state index contributed by atoms with van der Waals surface area (Å²) in [6.07, 6.45) is 0. The third-order valence-corrected chi connectivity index (χ3v) is 5.52. The van der Waals surface area contributed by atoms with Crippen LogP contribution in [0.5, 0.6) is 0 Å². The summed E-state index contributed by atoms with van der Waals surface area (Å²) in [4.78, 5) is 24.0. The molecule has 7 nitrogen and oxygen atoms in total. The Labute approximate surface area is 148 Å². The van der Waals surface area contributed by atoms with Crippen molar-refractivity contribution in [3.05, 3.63) is 51.7 Å². The molecule has 0 spiro atoms. The second kappa shape index (κ2) is 7.75. The van der Waals surface area contributed by atoms with Gasteiger partial charge in [0.05, 0.1) is 15.8 Å². The normalized spacial score (nSPS) is 12.4. The molecular weight excluding hydrogens is 374 g/mol. The Bertz CT molecular complexity index is 837. The summed E-state index contributed by atoms with van der Waals surface area (Å²) in [5.41, 5.74) is 4.39. The van der Waals surface area contributed by atoms with Crippen LogP contribution in [0.1, 0.15) is 16.6 Å². The standard InChI is InChI=1S/C14H14ClN3O4S2/c1-9(13(19)16-17-14(20)12-6-3-7-23-12)18-24(21,22)11-5-2-4-10(15)8-11/h2-9,18H,1H3,(H,16,19)(H,17,20)/t9-/m0/s1. The van der Waals surface area contributed by atoms with Crippen molar-refractivity contribution in [3.63, 3.8) is 0 Å². The number of hydrogen-bond donors (Lipinski definition) is 3. The lowest BCUT2D eigenvalue weighted by Gasteiger charge is -2.14. The predicted molar refractivity (Wildman–Crippen MR) is 91.2 cm³/mol. The lowest BCUT2D eigenvalue weighted by molar-refractivity contribution is -0.123. The van der Waals surface area contributed by atoms with E-state index in [4.69, 9.17) is 11.6 Å². The lowest BCUT2D eigenvalue weighted by Crippen LogP contribution is -2.50. The molecule has 0 radical (unpaired) electrons. The maximum absolute atomic E-state index is 12.2. The maximum atomic E-state index is 12.2. The quantitative estimate of drug-likeness (QED) is 0.676. The Morgan fingerprint density at radius 1 is 1.17 bits per heavy atom. The van der Waals surface area contributed by atoms with Gasteiger partial charge in [0.2, 0.25) is 10.0 Å². The summed E-state index contributed by atoms with van der Waals surface area (Å²) in [5, 5.41) is 1.98. The molecule has 0 fully saturated rings. The molecule has 2 rings (SSSR count). The molecule has 0 unspecified atom stereocenters. The largest absolute Gasteiger partial charge is 0.279 e. The Kier molecular flexibility index (Phi) is 5.94. The minimum atomic E-state index is -3.91. The average Bonchev–Trinajstić information content (AvgIpc) is 3.06. The molecule has 24 heavy (non-hydrogen) atoms. The van der Waals surface area contributed by atoms with Gasteiger partial charge in [-0.25, -0.2) is 8.42 Å². The van der Waals surface area contributed by atoms with E-state index in [1.54, 1.807) is 17.5 Å². The van der Waals surface area contributed by atoms with Crippen LogP contribution in [0.2, 0.25) is 5.02 Å². The van der Waals surface area contributed by atoms with Gasteiger partial charge in [0, 0.05) is 5.02 Å². The smallest absolute Gasteiger partial charge is 0.271 e. The number of rotatable bonds is 5. The van der Waals surface area contributed by atoms with Crippen LogP contribution in [0.15, 0.2) is 46.7 Å². The van der Waals surface area contributed by atoms with Crippen LogP contribution < -0.4 is 15.6 Å². The van der Waals surface area contributed by atoms with E-state index in [0.717, 1.165) is 0 Å². The van der Waals surface area contributed by atoms with Gasteiger partial charge < -0.3 is 0 Å². The number of carbonyl (C=O) groups is 2. The van der Waals surface area contributed by atoms with Crippen LogP contribution in [0.3, 0.4) is 0 Å². The molecule has 0 saturated carbocycles. The lowest BCUT2D eigenvalue weighted by atomic mass is 10.3. The van der Waals surface area contributed by atoms with Gasteiger partial charge >= 0.3 is 0 Å². The van der Waals surface area contributed by atoms with Gasteiger partial charge in [-0.3, -0.25) is 20.4 Å². The highest BCUT2D eigenvalue weighted by molar-refractivity contribution is 7.89. The van der Waals surface area contributed by atoms with Crippen LogP contribution in [0.4, 0.5) is 0 Å². The first-order valence-corrected chi connectivity index (χ1v) is 9.45. The molecule has 0 aliphatic heterocycles. The molecule has 128 valence electrons. The number of carbonyl (C=O) groups excluding carboxylic acids is 2. The van der Waals surface area contributed by atoms with E-state index in [0.29, 0.717) is 4.88 Å². The fourth-order valence-corrected chi connectivity index (χ4v) is 3.81. The summed E-state index contributed by atoms with van der Waals surface area (Å²) in [7, 11) is -3.91. The molecule has 10 heteroatoms. The third kappa shape index (κ3) is 4.78. The zero-order chi connectivity index (χ0) is 17.7. The number of thiophene rings is 1. The van der Waals surface area contributed by atoms with Crippen molar-refractivity contribution in [2.45, 2.75) is 17.9 Å². The van der Waals surface area contributed by atoms with E-state index >= 15 is 0 Å². The number of hydrazine groups is 1. The molecule has 0 bridgehead atoms. The van der Waals surface area contributed by atoms with Crippen molar-refractivity contribution < 1.29 is 18.0 Å². The van der Waals surface area contributed by atoms with Crippen molar-refractivity contribution in [2.75, 3.05) is 0 Å². The van der Waals surface area contributed by atoms with Gasteiger partial charge in [-0.15, -0.1) is 11.3 Å². The highest BCUT2D eigenvalue weighted by Crippen LogP contribution is 2.15. The van der Waals surface area contributed by atoms with Crippen LogP contribution in [-0.4, -0.2) is 26.3 Å². The Hall–Kier alpha value is -1.94. The van der Waals surface area contributed by atoms with Crippen molar-refractivity contribution in [1.29, 1.82) is 0 Å². The summed E-state index contributed by atoms with van der Waals surface area (Å²) in [6, 6.07) is 7.85. The van der Waals surface area contributed by atoms with E-state index in [1.807, 2.05) is 0 Å². The highest BCUT2D eigenvalue weighted by Gasteiger charge is 2.22. The van der Waals surface area contributed by atoms with Crippen LogP contribution in [0.25, 0.3) is 0 Å². The van der Waals surface area contributed by atoms with Gasteiger partial charge in [0.1, 0.15) is 0 Å². The molecule has 1 atom stereocenters. The third-order valence-electron chi connectivity index (χ3n) is 2.88. The number of sulfonamides is 1. The molecule has 2 aromatic rings. The number of benzene rings is 1. The molecule has 1 aromatic carbocycles. The minimum Gasteiger partial charge on any atom is -0.271 e. The van der Waals surface area contributed by atoms with Gasteiger partial charge in [-0.1, -0.05) is 23.7 Å². The molecule has 0 aliphatic rings. The second-order valence-electron chi connectivity index (χ2n) is 4.72. The average molecular weight is 388 g/mol. The van der Waals surface area contributed by atoms with Crippen LogP contribution >= 0.6 is 22.9 Å². The highest BCUT2D eigenvalue weighted by atomic mass is 35.5. The number of hydrogen-bond acceptors (Lipinski definition) is 5. The van der Waals surface area contributed by atoms with Crippen molar-refractivity contribution >= 4 is 44.8 Å².